The van der Waals surface area contributed by atoms with Crippen LogP contribution in [-0.2, 0) is 4.79 Å². The summed E-state index contributed by atoms with van der Waals surface area (Å²) in [6, 6.07) is 4.94. The molecule has 1 amide bonds. The molecule has 0 saturated heterocycles. The summed E-state index contributed by atoms with van der Waals surface area (Å²) < 4.78 is 0. The van der Waals surface area contributed by atoms with E-state index in [0.717, 1.165) is 0 Å². The number of aromatic nitrogens is 2. The average molecular weight is 283 g/mol. The molecule has 2 rings (SSSR count). The van der Waals surface area contributed by atoms with E-state index in [1.807, 2.05) is 0 Å². The monoisotopic (exact) mass is 282 g/mol. The Kier molecular flexibility index (Phi) is 4.11. The number of anilines is 2. The molecule has 0 fully saturated rings. The quantitative estimate of drug-likeness (QED) is 0.594. The van der Waals surface area contributed by atoms with Crippen LogP contribution in [0, 0.1) is 0 Å². The molecule has 0 aliphatic heterocycles. The number of hydrogen-bond donors (Lipinski definition) is 3. The fraction of sp³-hybridized carbons (Fsp3) is 0.0909. The number of nitrogens with zero attached hydrogens (tertiary/aromatic N) is 1. The van der Waals surface area contributed by atoms with E-state index in [1.165, 1.54) is 11.8 Å². The molecule has 0 aliphatic rings. The number of carbonyl (C=O) groups is 1. The summed E-state index contributed by atoms with van der Waals surface area (Å²) in [5.41, 5.74) is 6.74. The van der Waals surface area contributed by atoms with E-state index in [1.54, 1.807) is 30.6 Å². The molecule has 0 saturated carbocycles. The third kappa shape index (κ3) is 3.41. The van der Waals surface area contributed by atoms with Gasteiger partial charge in [0.25, 0.3) is 0 Å². The van der Waals surface area contributed by atoms with Gasteiger partial charge in [-0.05, 0) is 18.2 Å². The first-order chi connectivity index (χ1) is 8.65. The van der Waals surface area contributed by atoms with E-state index >= 15 is 0 Å². The minimum absolute atomic E-state index is 0.148. The highest BCUT2D eigenvalue weighted by molar-refractivity contribution is 7.99. The van der Waals surface area contributed by atoms with Crippen LogP contribution in [0.2, 0.25) is 5.02 Å². The molecule has 1 aromatic heterocycles. The molecule has 1 heterocycles. The number of benzene rings is 1. The van der Waals surface area contributed by atoms with Crippen molar-refractivity contribution in [3.63, 3.8) is 0 Å². The number of nitrogens with two attached hydrogens (primary N) is 1. The highest BCUT2D eigenvalue weighted by Gasteiger charge is 2.07. The normalized spacial score (nSPS) is 10.3. The van der Waals surface area contributed by atoms with E-state index in [4.69, 9.17) is 17.3 Å². The number of carbonyl (C=O) groups excluding carboxylic acids is 1. The number of hydrogen-bond acceptors (Lipinski definition) is 4. The van der Waals surface area contributed by atoms with Crippen LogP contribution in [0.15, 0.2) is 35.7 Å². The van der Waals surface area contributed by atoms with Crippen LogP contribution in [0.1, 0.15) is 0 Å². The van der Waals surface area contributed by atoms with Gasteiger partial charge in [0, 0.05) is 17.4 Å². The molecule has 0 atom stereocenters. The fourth-order valence-corrected chi connectivity index (χ4v) is 2.10. The number of imidazole rings is 1. The molecular weight excluding hydrogens is 272 g/mol. The number of nitrogens with one attached hydrogen (secondary N) is 2. The van der Waals surface area contributed by atoms with E-state index in [-0.39, 0.29) is 11.7 Å². The van der Waals surface area contributed by atoms with E-state index in [2.05, 4.69) is 15.3 Å². The number of amides is 1. The lowest BCUT2D eigenvalue weighted by Gasteiger charge is -2.07. The SMILES string of the molecule is Nc1cc(Cl)ccc1NC(=O)CSc1ncc[nH]1. The molecule has 2 aromatic rings. The first-order valence-electron chi connectivity index (χ1n) is 5.12. The lowest BCUT2D eigenvalue weighted by atomic mass is 10.2. The lowest BCUT2D eigenvalue weighted by molar-refractivity contribution is -0.113. The van der Waals surface area contributed by atoms with Crippen LogP contribution in [0.5, 0.6) is 0 Å². The molecule has 1 aromatic carbocycles. The van der Waals surface area contributed by atoms with Crippen molar-refractivity contribution >= 4 is 40.6 Å². The molecule has 18 heavy (non-hydrogen) atoms. The van der Waals surface area contributed by atoms with Gasteiger partial charge < -0.3 is 16.0 Å². The topological polar surface area (TPSA) is 83.8 Å². The van der Waals surface area contributed by atoms with Crippen LogP contribution in [0.4, 0.5) is 11.4 Å². The smallest absolute Gasteiger partial charge is 0.234 e. The zero-order valence-electron chi connectivity index (χ0n) is 9.31. The predicted octanol–water partition coefficient (Wildman–Crippen LogP) is 2.38. The van der Waals surface area contributed by atoms with Crippen LogP contribution >= 0.6 is 23.4 Å². The van der Waals surface area contributed by atoms with Crippen LogP contribution in [-0.4, -0.2) is 21.6 Å². The van der Waals surface area contributed by atoms with Crippen molar-refractivity contribution in [3.05, 3.63) is 35.6 Å². The Labute approximate surface area is 113 Å². The van der Waals surface area contributed by atoms with Gasteiger partial charge in [0.15, 0.2) is 5.16 Å². The van der Waals surface area contributed by atoms with E-state index in [9.17, 15) is 4.79 Å². The Morgan fingerprint density at radius 2 is 2.39 bits per heavy atom. The summed E-state index contributed by atoms with van der Waals surface area (Å²) >= 11 is 7.09. The molecule has 0 bridgehead atoms. The fourth-order valence-electron chi connectivity index (χ4n) is 1.30. The van der Waals surface area contributed by atoms with Crippen molar-refractivity contribution in [2.24, 2.45) is 0 Å². The molecule has 94 valence electrons. The van der Waals surface area contributed by atoms with Gasteiger partial charge in [-0.3, -0.25) is 4.79 Å². The zero-order valence-corrected chi connectivity index (χ0v) is 10.9. The Morgan fingerprint density at radius 3 is 3.06 bits per heavy atom. The first-order valence-corrected chi connectivity index (χ1v) is 6.48. The minimum atomic E-state index is -0.148. The molecular formula is C11H11ClN4OS. The van der Waals surface area contributed by atoms with Gasteiger partial charge in [-0.15, -0.1) is 0 Å². The standard InChI is InChI=1S/C11H11ClN4OS/c12-7-1-2-9(8(13)5-7)16-10(17)6-18-11-14-3-4-15-11/h1-5H,6,13H2,(H,14,15)(H,16,17). The summed E-state index contributed by atoms with van der Waals surface area (Å²) in [7, 11) is 0. The second-order valence-electron chi connectivity index (χ2n) is 3.46. The summed E-state index contributed by atoms with van der Waals surface area (Å²) in [6.07, 6.45) is 3.34. The molecule has 7 heteroatoms. The number of H-pyrrole nitrogens is 1. The highest BCUT2D eigenvalue weighted by atomic mass is 35.5. The van der Waals surface area contributed by atoms with Crippen molar-refractivity contribution in [1.82, 2.24) is 9.97 Å². The van der Waals surface area contributed by atoms with Gasteiger partial charge in [-0.2, -0.15) is 0 Å². The van der Waals surface area contributed by atoms with Crippen LogP contribution < -0.4 is 11.1 Å². The van der Waals surface area contributed by atoms with Gasteiger partial charge in [-0.1, -0.05) is 23.4 Å². The molecule has 0 spiro atoms. The summed E-state index contributed by atoms with van der Waals surface area (Å²) in [5, 5.41) is 3.96. The molecule has 4 N–H and O–H groups in total. The summed E-state index contributed by atoms with van der Waals surface area (Å²) in [6.45, 7) is 0. The lowest BCUT2D eigenvalue weighted by Crippen LogP contribution is -2.15. The van der Waals surface area contributed by atoms with Crippen molar-refractivity contribution in [2.45, 2.75) is 5.16 Å². The Hall–Kier alpha value is -1.66. The number of thioether (sulfide) groups is 1. The Morgan fingerprint density at radius 1 is 1.56 bits per heavy atom. The average Bonchev–Trinajstić information content (AvgIpc) is 2.83. The molecule has 0 aliphatic carbocycles. The molecule has 0 radical (unpaired) electrons. The second-order valence-corrected chi connectivity index (χ2v) is 4.86. The first kappa shape index (κ1) is 12.8. The number of halogens is 1. The molecule has 0 unspecified atom stereocenters. The third-order valence-corrected chi connectivity index (χ3v) is 3.24. The van der Waals surface area contributed by atoms with Crippen LogP contribution in [0.25, 0.3) is 0 Å². The van der Waals surface area contributed by atoms with Crippen LogP contribution in [0.3, 0.4) is 0 Å². The van der Waals surface area contributed by atoms with E-state index in [0.29, 0.717) is 21.6 Å². The van der Waals surface area contributed by atoms with Crippen molar-refractivity contribution in [2.75, 3.05) is 16.8 Å². The van der Waals surface area contributed by atoms with Gasteiger partial charge >= 0.3 is 0 Å². The van der Waals surface area contributed by atoms with Gasteiger partial charge in [0.05, 0.1) is 17.1 Å². The van der Waals surface area contributed by atoms with Gasteiger partial charge in [0.1, 0.15) is 0 Å². The van der Waals surface area contributed by atoms with Gasteiger partial charge in [0.2, 0.25) is 5.91 Å². The van der Waals surface area contributed by atoms with E-state index < -0.39 is 0 Å². The largest absolute Gasteiger partial charge is 0.397 e. The maximum absolute atomic E-state index is 11.7. The summed E-state index contributed by atoms with van der Waals surface area (Å²) in [4.78, 5) is 18.6. The maximum Gasteiger partial charge on any atom is 0.234 e. The predicted molar refractivity (Wildman–Crippen MR) is 73.8 cm³/mol. The van der Waals surface area contributed by atoms with Crippen molar-refractivity contribution < 1.29 is 4.79 Å². The second kappa shape index (κ2) is 5.79. The van der Waals surface area contributed by atoms with Crippen molar-refractivity contribution in [1.29, 1.82) is 0 Å². The number of aromatic amines is 1. The maximum atomic E-state index is 11.7. The highest BCUT2D eigenvalue weighted by Crippen LogP contribution is 2.23. The van der Waals surface area contributed by atoms with Gasteiger partial charge in [-0.25, -0.2) is 4.98 Å². The number of rotatable bonds is 4. The molecule has 5 nitrogen and oxygen atoms in total. The zero-order chi connectivity index (χ0) is 13.0. The Balaban J connectivity index is 1.91. The van der Waals surface area contributed by atoms with Crippen molar-refractivity contribution in [3.8, 4) is 0 Å². The summed E-state index contributed by atoms with van der Waals surface area (Å²) in [5.74, 6) is 0.112. The third-order valence-electron chi connectivity index (χ3n) is 2.10. The minimum Gasteiger partial charge on any atom is -0.397 e. The Bertz CT molecular complexity index is 544. The number of nitrogen functional groups attached to an aromatic ring is 1.